The summed E-state index contributed by atoms with van der Waals surface area (Å²) in [5.74, 6) is -0.665. The number of nitrogens with zero attached hydrogens (tertiary/aromatic N) is 1. The molecule has 0 unspecified atom stereocenters. The van der Waals surface area contributed by atoms with Crippen LogP contribution >= 0.6 is 0 Å². The Bertz CT molecular complexity index is 999. The summed E-state index contributed by atoms with van der Waals surface area (Å²) in [5, 5.41) is 3.18. The van der Waals surface area contributed by atoms with Gasteiger partial charge >= 0.3 is 0 Å². The molecular formula is C24H26F2N2O. The molecule has 1 N–H and O–H groups in total. The van der Waals surface area contributed by atoms with E-state index in [1.165, 1.54) is 42.5 Å². The predicted molar refractivity (Wildman–Crippen MR) is 110 cm³/mol. The standard InChI is InChI=1S/C24H26F2N2O/c1-14-7-17-5-6-28(18-3-4-20(25)21(26)8-18)13-19(17)15(2)23(14)27-22(29)12-24-9-16(10-24)11-24/h3-4,7-8,16H,5-6,9-13H2,1-2H3,(H,27,29). The molecule has 3 aliphatic carbocycles. The maximum atomic E-state index is 13.7. The van der Waals surface area contributed by atoms with Gasteiger partial charge in [-0.1, -0.05) is 6.07 Å². The van der Waals surface area contributed by atoms with E-state index in [1.54, 1.807) is 6.07 Å². The van der Waals surface area contributed by atoms with Crippen LogP contribution in [-0.4, -0.2) is 12.5 Å². The summed E-state index contributed by atoms with van der Waals surface area (Å²) in [7, 11) is 0. The summed E-state index contributed by atoms with van der Waals surface area (Å²) >= 11 is 0. The van der Waals surface area contributed by atoms with Crippen LogP contribution in [0.1, 0.15) is 47.9 Å². The van der Waals surface area contributed by atoms with E-state index >= 15 is 0 Å². The Morgan fingerprint density at radius 1 is 1.17 bits per heavy atom. The Labute approximate surface area is 170 Å². The van der Waals surface area contributed by atoms with Crippen LogP contribution in [0.2, 0.25) is 0 Å². The van der Waals surface area contributed by atoms with Gasteiger partial charge in [-0.25, -0.2) is 8.78 Å². The van der Waals surface area contributed by atoms with Gasteiger partial charge in [0.05, 0.1) is 0 Å². The van der Waals surface area contributed by atoms with Crippen molar-refractivity contribution in [2.24, 2.45) is 11.3 Å². The highest BCUT2D eigenvalue weighted by atomic mass is 19.2. The fourth-order valence-corrected chi connectivity index (χ4v) is 5.57. The number of anilines is 2. The number of aryl methyl sites for hydroxylation is 1. The average molecular weight is 396 g/mol. The summed E-state index contributed by atoms with van der Waals surface area (Å²) in [6.45, 7) is 5.48. The molecule has 4 aliphatic rings. The van der Waals surface area contributed by atoms with Crippen molar-refractivity contribution in [1.29, 1.82) is 0 Å². The van der Waals surface area contributed by atoms with E-state index < -0.39 is 11.6 Å². The van der Waals surface area contributed by atoms with E-state index in [4.69, 9.17) is 0 Å². The van der Waals surface area contributed by atoms with E-state index in [1.807, 2.05) is 6.92 Å². The maximum absolute atomic E-state index is 13.7. The van der Waals surface area contributed by atoms with Crippen molar-refractivity contribution in [3.05, 3.63) is 58.2 Å². The number of amides is 1. The lowest BCUT2D eigenvalue weighted by Crippen LogP contribution is -2.53. The maximum Gasteiger partial charge on any atom is 0.224 e. The smallest absolute Gasteiger partial charge is 0.224 e. The molecule has 1 amide bonds. The number of carbonyl (C=O) groups excluding carboxylic acids is 1. The fraction of sp³-hybridized carbons (Fsp3) is 0.458. The van der Waals surface area contributed by atoms with Crippen LogP contribution in [0.15, 0.2) is 24.3 Å². The molecule has 0 atom stereocenters. The fourth-order valence-electron chi connectivity index (χ4n) is 5.57. The lowest BCUT2D eigenvalue weighted by molar-refractivity contribution is -0.139. The van der Waals surface area contributed by atoms with Gasteiger partial charge in [0.1, 0.15) is 0 Å². The molecule has 1 heterocycles. The minimum absolute atomic E-state index is 0.113. The molecule has 5 heteroatoms. The van der Waals surface area contributed by atoms with Gasteiger partial charge < -0.3 is 10.2 Å². The van der Waals surface area contributed by atoms with Crippen molar-refractivity contribution in [2.45, 2.75) is 52.5 Å². The third kappa shape index (κ3) is 3.11. The molecule has 0 saturated heterocycles. The Morgan fingerprint density at radius 3 is 2.59 bits per heavy atom. The Balaban J connectivity index is 1.38. The second-order valence-electron chi connectivity index (χ2n) is 9.30. The molecule has 2 aromatic rings. The van der Waals surface area contributed by atoms with Gasteiger partial charge in [0.25, 0.3) is 0 Å². The van der Waals surface area contributed by atoms with E-state index in [0.29, 0.717) is 18.7 Å². The highest BCUT2D eigenvalue weighted by molar-refractivity contribution is 5.93. The molecule has 6 rings (SSSR count). The van der Waals surface area contributed by atoms with Gasteiger partial charge in [0.2, 0.25) is 5.91 Å². The lowest BCUT2D eigenvalue weighted by atomic mass is 9.43. The first kappa shape index (κ1) is 18.6. The first-order valence-electron chi connectivity index (χ1n) is 10.5. The van der Waals surface area contributed by atoms with Gasteiger partial charge in [0, 0.05) is 37.0 Å². The van der Waals surface area contributed by atoms with E-state index in [-0.39, 0.29) is 11.3 Å². The Hall–Kier alpha value is -2.43. The molecule has 2 bridgehead atoms. The van der Waals surface area contributed by atoms with Crippen LogP contribution in [0, 0.1) is 36.8 Å². The van der Waals surface area contributed by atoms with E-state index in [0.717, 1.165) is 35.7 Å². The van der Waals surface area contributed by atoms with Crippen LogP contribution in [0.3, 0.4) is 0 Å². The molecule has 152 valence electrons. The number of hydrogen-bond donors (Lipinski definition) is 1. The third-order valence-corrected chi connectivity index (χ3v) is 7.23. The summed E-state index contributed by atoms with van der Waals surface area (Å²) in [6.07, 6.45) is 5.11. The highest BCUT2D eigenvalue weighted by Gasteiger charge is 2.56. The van der Waals surface area contributed by atoms with Gasteiger partial charge in [0.15, 0.2) is 11.6 Å². The predicted octanol–water partition coefficient (Wildman–Crippen LogP) is 5.27. The first-order valence-corrected chi connectivity index (χ1v) is 10.5. The van der Waals surface area contributed by atoms with Gasteiger partial charge in [-0.15, -0.1) is 0 Å². The summed E-state index contributed by atoms with van der Waals surface area (Å²) in [5.41, 5.74) is 6.50. The average Bonchev–Trinajstić information content (AvgIpc) is 2.63. The number of fused-ring (bicyclic) bond motifs is 1. The number of rotatable bonds is 4. The van der Waals surface area contributed by atoms with Gasteiger partial charge in [-0.3, -0.25) is 4.79 Å². The van der Waals surface area contributed by atoms with Crippen molar-refractivity contribution in [3.8, 4) is 0 Å². The molecule has 1 aliphatic heterocycles. The minimum atomic E-state index is -0.827. The topological polar surface area (TPSA) is 32.3 Å². The van der Waals surface area contributed by atoms with Gasteiger partial charge in [-0.2, -0.15) is 0 Å². The second-order valence-corrected chi connectivity index (χ2v) is 9.30. The normalized spacial score (nSPS) is 24.4. The number of carbonyl (C=O) groups is 1. The quantitative estimate of drug-likeness (QED) is 0.763. The number of halogens is 2. The number of nitrogens with one attached hydrogen (secondary N) is 1. The van der Waals surface area contributed by atoms with Crippen LogP contribution in [0.25, 0.3) is 0 Å². The minimum Gasteiger partial charge on any atom is -0.367 e. The van der Waals surface area contributed by atoms with Crippen molar-refractivity contribution >= 4 is 17.3 Å². The molecular weight excluding hydrogens is 370 g/mol. The highest BCUT2D eigenvalue weighted by Crippen LogP contribution is 2.66. The lowest BCUT2D eigenvalue weighted by Gasteiger charge is -2.61. The molecule has 29 heavy (non-hydrogen) atoms. The largest absolute Gasteiger partial charge is 0.367 e. The van der Waals surface area contributed by atoms with Crippen molar-refractivity contribution in [1.82, 2.24) is 0 Å². The zero-order chi connectivity index (χ0) is 20.3. The van der Waals surface area contributed by atoms with Gasteiger partial charge in [-0.05, 0) is 85.3 Å². The molecule has 3 nitrogen and oxygen atoms in total. The molecule has 3 fully saturated rings. The molecule has 2 aromatic carbocycles. The van der Waals surface area contributed by atoms with Crippen LogP contribution in [0.5, 0.6) is 0 Å². The Morgan fingerprint density at radius 2 is 1.93 bits per heavy atom. The van der Waals surface area contributed by atoms with Crippen molar-refractivity contribution in [3.63, 3.8) is 0 Å². The molecule has 0 spiro atoms. The molecule has 3 saturated carbocycles. The summed E-state index contributed by atoms with van der Waals surface area (Å²) < 4.78 is 27.0. The zero-order valence-electron chi connectivity index (χ0n) is 16.9. The van der Waals surface area contributed by atoms with E-state index in [2.05, 4.69) is 23.2 Å². The van der Waals surface area contributed by atoms with E-state index in [9.17, 15) is 13.6 Å². The van der Waals surface area contributed by atoms with Crippen LogP contribution < -0.4 is 10.2 Å². The van der Waals surface area contributed by atoms with Crippen LogP contribution in [0.4, 0.5) is 20.2 Å². The second kappa shape index (κ2) is 6.54. The van der Waals surface area contributed by atoms with Crippen molar-refractivity contribution in [2.75, 3.05) is 16.8 Å². The Kier molecular flexibility index (Phi) is 4.19. The molecule has 0 aromatic heterocycles. The monoisotopic (exact) mass is 396 g/mol. The molecule has 0 radical (unpaired) electrons. The van der Waals surface area contributed by atoms with Crippen molar-refractivity contribution < 1.29 is 13.6 Å². The SMILES string of the molecule is Cc1cc2c(c(C)c1NC(=O)CC13CC(C1)C3)CN(c1ccc(F)c(F)c1)CC2. The summed E-state index contributed by atoms with van der Waals surface area (Å²) in [4.78, 5) is 14.7. The van der Waals surface area contributed by atoms with Crippen LogP contribution in [-0.2, 0) is 17.8 Å². The third-order valence-electron chi connectivity index (χ3n) is 7.23. The summed E-state index contributed by atoms with van der Waals surface area (Å²) in [6, 6.07) is 6.23. The first-order chi connectivity index (χ1) is 13.8. The number of benzene rings is 2. The zero-order valence-corrected chi connectivity index (χ0v) is 16.9. The number of hydrogen-bond acceptors (Lipinski definition) is 2.